The monoisotopic (exact) mass is 512 g/mol. The number of benzene rings is 3. The van der Waals surface area contributed by atoms with E-state index in [-0.39, 0.29) is 24.2 Å². The van der Waals surface area contributed by atoms with Gasteiger partial charge in [0.25, 0.3) is 0 Å². The van der Waals surface area contributed by atoms with Crippen molar-refractivity contribution < 1.29 is 14.7 Å². The fourth-order valence-corrected chi connectivity index (χ4v) is 4.05. The van der Waals surface area contributed by atoms with E-state index in [0.717, 1.165) is 16.7 Å². The van der Waals surface area contributed by atoms with Crippen LogP contribution in [0.5, 0.6) is 5.75 Å². The molecule has 38 heavy (non-hydrogen) atoms. The van der Waals surface area contributed by atoms with E-state index in [9.17, 15) is 14.7 Å². The Hall–Kier alpha value is -4.79. The number of H-pyrrole nitrogens is 1. The van der Waals surface area contributed by atoms with Crippen molar-refractivity contribution in [1.82, 2.24) is 25.9 Å². The van der Waals surface area contributed by atoms with Gasteiger partial charge in [-0.15, -0.1) is 0 Å². The highest BCUT2D eigenvalue weighted by molar-refractivity contribution is 5.87. The number of aromatic nitrogens is 2. The molecule has 1 unspecified atom stereocenters. The summed E-state index contributed by atoms with van der Waals surface area (Å²) in [5, 5.41) is 21.5. The molecule has 0 aliphatic carbocycles. The molecule has 0 spiro atoms. The number of nitrogens with zero attached hydrogens (tertiary/aromatic N) is 1. The van der Waals surface area contributed by atoms with Crippen LogP contribution in [0.3, 0.4) is 0 Å². The van der Waals surface area contributed by atoms with Crippen LogP contribution in [0.4, 0.5) is 10.7 Å². The molecule has 0 aliphatic rings. The molecule has 0 saturated heterocycles. The number of hydrogen-bond acceptors (Lipinski definition) is 5. The van der Waals surface area contributed by atoms with Crippen LogP contribution in [0, 0.1) is 0 Å². The maximum Gasteiger partial charge on any atom is 0.316 e. The van der Waals surface area contributed by atoms with Crippen molar-refractivity contribution in [2.45, 2.75) is 31.5 Å². The van der Waals surface area contributed by atoms with E-state index < -0.39 is 12.1 Å². The Morgan fingerprint density at radius 3 is 2.13 bits per heavy atom. The Morgan fingerprint density at radius 1 is 0.868 bits per heavy atom. The quantitative estimate of drug-likeness (QED) is 0.159. The normalized spacial score (nSPS) is 11.5. The van der Waals surface area contributed by atoms with Crippen LogP contribution in [0.25, 0.3) is 0 Å². The minimum Gasteiger partial charge on any atom is -0.508 e. The number of phenols is 1. The predicted molar refractivity (Wildman–Crippen MR) is 146 cm³/mol. The molecule has 9 heteroatoms. The lowest BCUT2D eigenvalue weighted by atomic mass is 9.99. The van der Waals surface area contributed by atoms with E-state index in [1.165, 1.54) is 0 Å². The first-order valence-corrected chi connectivity index (χ1v) is 12.5. The maximum atomic E-state index is 13.2. The topological polar surface area (TPSA) is 131 Å². The van der Waals surface area contributed by atoms with E-state index in [1.54, 1.807) is 36.7 Å². The molecular formula is C29H32N6O3. The second-order valence-corrected chi connectivity index (χ2v) is 8.82. The van der Waals surface area contributed by atoms with Gasteiger partial charge in [0, 0.05) is 25.5 Å². The predicted octanol–water partition coefficient (Wildman–Crippen LogP) is 4.08. The second kappa shape index (κ2) is 13.5. The summed E-state index contributed by atoms with van der Waals surface area (Å²) >= 11 is 0. The smallest absolute Gasteiger partial charge is 0.316 e. The van der Waals surface area contributed by atoms with Crippen LogP contribution < -0.4 is 21.3 Å². The van der Waals surface area contributed by atoms with Crippen LogP contribution in [0.2, 0.25) is 0 Å². The van der Waals surface area contributed by atoms with Crippen LogP contribution in [-0.4, -0.2) is 39.6 Å². The first-order valence-electron chi connectivity index (χ1n) is 12.5. The van der Waals surface area contributed by atoms with E-state index in [4.69, 9.17) is 0 Å². The number of phenolic OH excluding ortho intramolecular Hbond substituents is 1. The lowest BCUT2D eigenvalue weighted by Crippen LogP contribution is -2.50. The average Bonchev–Trinajstić information content (AvgIpc) is 3.47. The lowest BCUT2D eigenvalue weighted by molar-refractivity contribution is -0.123. The first kappa shape index (κ1) is 26.3. The number of carbonyl (C=O) groups is 2. The number of anilines is 1. The lowest BCUT2D eigenvalue weighted by Gasteiger charge is -2.23. The minimum atomic E-state index is -0.752. The Bertz CT molecular complexity index is 1230. The van der Waals surface area contributed by atoms with Gasteiger partial charge in [-0.2, -0.15) is 0 Å². The third-order valence-electron chi connectivity index (χ3n) is 6.03. The molecule has 4 aromatic rings. The minimum absolute atomic E-state index is 0.159. The van der Waals surface area contributed by atoms with Crippen LogP contribution >= 0.6 is 0 Å². The summed E-state index contributed by atoms with van der Waals surface area (Å²) in [6, 6.07) is 24.4. The van der Waals surface area contributed by atoms with Gasteiger partial charge in [-0.1, -0.05) is 72.8 Å². The van der Waals surface area contributed by atoms with Gasteiger partial charge in [-0.05, 0) is 41.7 Å². The maximum absolute atomic E-state index is 13.2. The number of hydrogen-bond donors (Lipinski definition) is 6. The van der Waals surface area contributed by atoms with E-state index in [2.05, 4.69) is 31.2 Å². The molecule has 3 aromatic carbocycles. The molecule has 1 heterocycles. The van der Waals surface area contributed by atoms with Crippen LogP contribution in [-0.2, 0) is 11.3 Å². The summed E-state index contributed by atoms with van der Waals surface area (Å²) in [6.45, 7) is 0.857. The van der Waals surface area contributed by atoms with Crippen LogP contribution in [0.1, 0.15) is 35.6 Å². The number of aromatic hydroxyl groups is 1. The van der Waals surface area contributed by atoms with Crippen LogP contribution in [0.15, 0.2) is 97.3 Å². The Kier molecular flexibility index (Phi) is 9.33. The molecule has 196 valence electrons. The van der Waals surface area contributed by atoms with E-state index in [1.807, 2.05) is 60.7 Å². The standard InChI is InChI=1S/C29H32N6O3/c36-24-15-13-21(14-16-24)20-33-27(37)25(12-7-17-30-28-31-18-19-32-28)34-29(38)35-26(22-8-3-1-4-9-22)23-10-5-2-6-11-23/h1-6,8-11,13-16,18-19,25-26,36H,7,12,17,20H2,(H,33,37)(H2,30,31,32)(H2,34,35,38). The number of aromatic amines is 1. The van der Waals surface area contributed by atoms with Gasteiger partial charge in [0.15, 0.2) is 5.95 Å². The number of rotatable bonds is 12. The summed E-state index contributed by atoms with van der Waals surface area (Å²) in [5.41, 5.74) is 2.71. The van der Waals surface area contributed by atoms with Crippen molar-refractivity contribution in [3.8, 4) is 5.75 Å². The summed E-state index contributed by atoms with van der Waals surface area (Å²) in [4.78, 5) is 33.4. The molecule has 1 aromatic heterocycles. The number of amides is 3. The van der Waals surface area contributed by atoms with Gasteiger partial charge in [0.05, 0.1) is 6.04 Å². The summed E-state index contributed by atoms with van der Waals surface area (Å²) in [6.07, 6.45) is 4.43. The fraction of sp³-hybridized carbons (Fsp3) is 0.207. The first-order chi connectivity index (χ1) is 18.6. The van der Waals surface area contributed by atoms with Gasteiger partial charge >= 0.3 is 6.03 Å². The zero-order chi connectivity index (χ0) is 26.6. The van der Waals surface area contributed by atoms with E-state index >= 15 is 0 Å². The molecule has 0 saturated carbocycles. The third-order valence-corrected chi connectivity index (χ3v) is 6.03. The zero-order valence-corrected chi connectivity index (χ0v) is 20.9. The fourth-order valence-electron chi connectivity index (χ4n) is 4.05. The number of carbonyl (C=O) groups excluding carboxylic acids is 2. The zero-order valence-electron chi connectivity index (χ0n) is 20.9. The molecule has 0 radical (unpaired) electrons. The number of urea groups is 1. The van der Waals surface area contributed by atoms with Gasteiger partial charge in [0.1, 0.15) is 11.8 Å². The highest BCUT2D eigenvalue weighted by atomic mass is 16.3. The highest BCUT2D eigenvalue weighted by Gasteiger charge is 2.23. The van der Waals surface area contributed by atoms with Crippen molar-refractivity contribution in [2.75, 3.05) is 11.9 Å². The van der Waals surface area contributed by atoms with Gasteiger partial charge in [0.2, 0.25) is 5.91 Å². The van der Waals surface area contributed by atoms with Crippen molar-refractivity contribution >= 4 is 17.9 Å². The SMILES string of the molecule is O=C(NC(CCCNc1ncc[nH]1)C(=O)NCc1ccc(O)cc1)NC(c1ccccc1)c1ccccc1. The largest absolute Gasteiger partial charge is 0.508 e. The van der Waals surface area contributed by atoms with Crippen molar-refractivity contribution in [3.05, 3.63) is 114 Å². The third kappa shape index (κ3) is 7.86. The number of nitrogens with one attached hydrogen (secondary N) is 5. The van der Waals surface area contributed by atoms with Crippen molar-refractivity contribution in [3.63, 3.8) is 0 Å². The molecule has 0 aliphatic heterocycles. The van der Waals surface area contributed by atoms with Crippen molar-refractivity contribution in [1.29, 1.82) is 0 Å². The molecule has 3 amide bonds. The Morgan fingerprint density at radius 2 is 1.53 bits per heavy atom. The van der Waals surface area contributed by atoms with Crippen molar-refractivity contribution in [2.24, 2.45) is 0 Å². The average molecular weight is 513 g/mol. The number of imidazole rings is 1. The summed E-state index contributed by atoms with van der Waals surface area (Å²) in [5.74, 6) is 0.520. The molecule has 4 rings (SSSR count). The second-order valence-electron chi connectivity index (χ2n) is 8.82. The molecule has 1 atom stereocenters. The molecule has 0 fully saturated rings. The Labute approximate surface area is 221 Å². The molecule has 0 bridgehead atoms. The summed E-state index contributed by atoms with van der Waals surface area (Å²) < 4.78 is 0. The summed E-state index contributed by atoms with van der Waals surface area (Å²) in [7, 11) is 0. The Balaban J connectivity index is 1.41. The van der Waals surface area contributed by atoms with Gasteiger partial charge in [-0.3, -0.25) is 4.79 Å². The molecule has 9 nitrogen and oxygen atoms in total. The van der Waals surface area contributed by atoms with E-state index in [0.29, 0.717) is 25.3 Å². The molecular weight excluding hydrogens is 480 g/mol. The van der Waals surface area contributed by atoms with Gasteiger partial charge in [-0.25, -0.2) is 9.78 Å². The van der Waals surface area contributed by atoms with Gasteiger partial charge < -0.3 is 31.4 Å². The molecule has 6 N–H and O–H groups in total. The highest BCUT2D eigenvalue weighted by Crippen LogP contribution is 2.21.